The molecule has 1 aliphatic rings. The number of nitrogens with one attached hydrogen (secondary N) is 1. The minimum Gasteiger partial charge on any atom is -0.497 e. The van der Waals surface area contributed by atoms with Crippen LogP contribution in [0.2, 0.25) is 0 Å². The van der Waals surface area contributed by atoms with E-state index in [-0.39, 0.29) is 24.2 Å². The van der Waals surface area contributed by atoms with Crippen molar-refractivity contribution in [1.29, 1.82) is 0 Å². The third kappa shape index (κ3) is 4.64. The molecule has 1 heterocycles. The van der Waals surface area contributed by atoms with E-state index in [4.69, 9.17) is 18.9 Å². The summed E-state index contributed by atoms with van der Waals surface area (Å²) in [4.78, 5) is 12.5. The smallest absolute Gasteiger partial charge is 0.258 e. The van der Waals surface area contributed by atoms with Gasteiger partial charge in [-0.15, -0.1) is 0 Å². The number of ether oxygens (including phenoxy) is 4. The summed E-state index contributed by atoms with van der Waals surface area (Å²) in [7, 11) is 3.22. The molecule has 1 N–H and O–H groups in total. The summed E-state index contributed by atoms with van der Waals surface area (Å²) in [6.45, 7) is 3.95. The van der Waals surface area contributed by atoms with Crippen LogP contribution in [0.5, 0.6) is 23.0 Å². The van der Waals surface area contributed by atoms with Gasteiger partial charge in [-0.25, -0.2) is 0 Å². The van der Waals surface area contributed by atoms with Crippen molar-refractivity contribution in [2.24, 2.45) is 0 Å². The third-order valence-electron chi connectivity index (χ3n) is 4.44. The van der Waals surface area contributed by atoms with Gasteiger partial charge in [0.05, 0.1) is 20.3 Å². The van der Waals surface area contributed by atoms with Gasteiger partial charge in [0.15, 0.2) is 6.61 Å². The highest BCUT2D eigenvalue weighted by atomic mass is 16.5. The number of amides is 1. The lowest BCUT2D eigenvalue weighted by molar-refractivity contribution is -0.124. The fourth-order valence-corrected chi connectivity index (χ4v) is 3.15. The predicted molar refractivity (Wildman–Crippen MR) is 102 cm³/mol. The molecule has 6 nitrogen and oxygen atoms in total. The molecule has 0 saturated heterocycles. The molecule has 0 spiro atoms. The second-order valence-corrected chi connectivity index (χ2v) is 7.05. The van der Waals surface area contributed by atoms with Crippen molar-refractivity contribution in [1.82, 2.24) is 5.32 Å². The zero-order chi connectivity index (χ0) is 19.4. The molecule has 0 aromatic heterocycles. The Labute approximate surface area is 159 Å². The average molecular weight is 371 g/mol. The molecule has 0 bridgehead atoms. The van der Waals surface area contributed by atoms with Crippen molar-refractivity contribution >= 4 is 5.91 Å². The Bertz CT molecular complexity index is 801. The van der Waals surface area contributed by atoms with Crippen LogP contribution in [0, 0.1) is 0 Å². The summed E-state index contributed by atoms with van der Waals surface area (Å²) < 4.78 is 22.0. The van der Waals surface area contributed by atoms with Gasteiger partial charge in [-0.1, -0.05) is 0 Å². The molecule has 0 aliphatic carbocycles. The van der Waals surface area contributed by atoms with Crippen molar-refractivity contribution in [3.05, 3.63) is 48.0 Å². The van der Waals surface area contributed by atoms with Crippen molar-refractivity contribution in [2.75, 3.05) is 20.8 Å². The zero-order valence-electron chi connectivity index (χ0n) is 16.1. The maximum Gasteiger partial charge on any atom is 0.258 e. The molecule has 3 rings (SSSR count). The van der Waals surface area contributed by atoms with Gasteiger partial charge >= 0.3 is 0 Å². The lowest BCUT2D eigenvalue weighted by atomic mass is 9.89. The molecule has 1 unspecified atom stereocenters. The van der Waals surface area contributed by atoms with Crippen molar-refractivity contribution < 1.29 is 23.7 Å². The van der Waals surface area contributed by atoms with E-state index in [2.05, 4.69) is 5.32 Å². The Balaban J connectivity index is 1.67. The first-order valence-corrected chi connectivity index (χ1v) is 8.83. The summed E-state index contributed by atoms with van der Waals surface area (Å²) in [5.74, 6) is 2.64. The van der Waals surface area contributed by atoms with Crippen molar-refractivity contribution in [3.8, 4) is 23.0 Å². The van der Waals surface area contributed by atoms with Crippen molar-refractivity contribution in [2.45, 2.75) is 31.9 Å². The molecule has 0 fully saturated rings. The fourth-order valence-electron chi connectivity index (χ4n) is 3.15. The van der Waals surface area contributed by atoms with E-state index in [1.165, 1.54) is 0 Å². The second kappa shape index (κ2) is 7.78. The number of methoxy groups -OCH3 is 2. The maximum atomic E-state index is 12.5. The first-order chi connectivity index (χ1) is 12.9. The molecule has 1 amide bonds. The molecule has 0 saturated carbocycles. The Morgan fingerprint density at radius 3 is 2.37 bits per heavy atom. The first kappa shape index (κ1) is 18.9. The molecular formula is C21H25NO5. The number of carbonyl (C=O) groups is 1. The van der Waals surface area contributed by atoms with E-state index in [0.29, 0.717) is 12.2 Å². The van der Waals surface area contributed by atoms with E-state index >= 15 is 0 Å². The number of rotatable bonds is 6. The molecule has 27 heavy (non-hydrogen) atoms. The quantitative estimate of drug-likeness (QED) is 0.842. The van der Waals surface area contributed by atoms with Crippen LogP contribution in [0.3, 0.4) is 0 Å². The number of benzene rings is 2. The van der Waals surface area contributed by atoms with E-state index in [1.54, 1.807) is 38.5 Å². The minimum atomic E-state index is -0.379. The summed E-state index contributed by atoms with van der Waals surface area (Å²) >= 11 is 0. The lowest BCUT2D eigenvalue weighted by Crippen LogP contribution is -2.42. The lowest BCUT2D eigenvalue weighted by Gasteiger charge is -2.38. The molecule has 1 aliphatic heterocycles. The van der Waals surface area contributed by atoms with Gasteiger partial charge in [0, 0.05) is 12.0 Å². The average Bonchev–Trinajstić information content (AvgIpc) is 2.65. The van der Waals surface area contributed by atoms with Gasteiger partial charge in [0.2, 0.25) is 0 Å². The first-order valence-electron chi connectivity index (χ1n) is 8.83. The van der Waals surface area contributed by atoms with E-state index in [0.717, 1.165) is 22.8 Å². The molecule has 6 heteroatoms. The zero-order valence-corrected chi connectivity index (χ0v) is 16.1. The molecule has 2 aromatic rings. The molecule has 1 atom stereocenters. The Morgan fingerprint density at radius 2 is 1.70 bits per heavy atom. The second-order valence-electron chi connectivity index (χ2n) is 7.05. The normalized spacial score (nSPS) is 17.3. The van der Waals surface area contributed by atoms with Crippen LogP contribution in [-0.4, -0.2) is 32.3 Å². The van der Waals surface area contributed by atoms with Crippen LogP contribution in [0.4, 0.5) is 0 Å². The summed E-state index contributed by atoms with van der Waals surface area (Å²) in [5.41, 5.74) is 0.530. The Hall–Kier alpha value is -2.89. The van der Waals surface area contributed by atoms with Gasteiger partial charge in [0.1, 0.15) is 28.6 Å². The van der Waals surface area contributed by atoms with Crippen LogP contribution >= 0.6 is 0 Å². The van der Waals surface area contributed by atoms with E-state index in [9.17, 15) is 4.79 Å². The van der Waals surface area contributed by atoms with Gasteiger partial charge in [0.25, 0.3) is 5.91 Å². The summed E-state index contributed by atoms with van der Waals surface area (Å²) in [6.07, 6.45) is 0.654. The minimum absolute atomic E-state index is 0.0661. The van der Waals surface area contributed by atoms with Gasteiger partial charge < -0.3 is 24.3 Å². The topological polar surface area (TPSA) is 66.0 Å². The predicted octanol–water partition coefficient (Wildman–Crippen LogP) is 3.50. The van der Waals surface area contributed by atoms with Crippen LogP contribution < -0.4 is 24.3 Å². The number of carbonyl (C=O) groups excluding carboxylic acids is 1. The fraction of sp³-hybridized carbons (Fsp3) is 0.381. The SMILES string of the molecule is COc1ccc(OCC(=O)NC2CC(C)(C)Oc3ccc(OC)cc32)cc1. The standard InChI is InChI=1S/C21H25NO5/c1-21(2)12-18(17-11-16(25-4)9-10-19(17)27-21)22-20(23)13-26-15-7-5-14(24-3)6-8-15/h5-11,18H,12-13H2,1-4H3,(H,22,23). The third-order valence-corrected chi connectivity index (χ3v) is 4.44. The maximum absolute atomic E-state index is 12.5. The molecular weight excluding hydrogens is 346 g/mol. The number of hydrogen-bond donors (Lipinski definition) is 1. The largest absolute Gasteiger partial charge is 0.497 e. The molecule has 0 radical (unpaired) electrons. The van der Waals surface area contributed by atoms with Gasteiger partial charge in [-0.05, 0) is 56.3 Å². The summed E-state index contributed by atoms with van der Waals surface area (Å²) in [6, 6.07) is 12.6. The van der Waals surface area contributed by atoms with Crippen LogP contribution in [0.15, 0.2) is 42.5 Å². The monoisotopic (exact) mass is 371 g/mol. The van der Waals surface area contributed by atoms with Crippen molar-refractivity contribution in [3.63, 3.8) is 0 Å². The highest BCUT2D eigenvalue weighted by Gasteiger charge is 2.34. The highest BCUT2D eigenvalue weighted by molar-refractivity contribution is 5.78. The highest BCUT2D eigenvalue weighted by Crippen LogP contribution is 2.41. The Morgan fingerprint density at radius 1 is 1.07 bits per heavy atom. The van der Waals surface area contributed by atoms with E-state index in [1.807, 2.05) is 32.0 Å². The van der Waals surface area contributed by atoms with E-state index < -0.39 is 0 Å². The summed E-state index contributed by atoms with van der Waals surface area (Å²) in [5, 5.41) is 3.05. The van der Waals surface area contributed by atoms with Crippen LogP contribution in [-0.2, 0) is 4.79 Å². The molecule has 144 valence electrons. The number of hydrogen-bond acceptors (Lipinski definition) is 5. The van der Waals surface area contributed by atoms with Gasteiger partial charge in [-0.3, -0.25) is 4.79 Å². The molecule has 2 aromatic carbocycles. The Kier molecular flexibility index (Phi) is 5.44. The van der Waals surface area contributed by atoms with Crippen LogP contribution in [0.1, 0.15) is 31.9 Å². The number of fused-ring (bicyclic) bond motifs is 1. The van der Waals surface area contributed by atoms with Gasteiger partial charge in [-0.2, -0.15) is 0 Å². The van der Waals surface area contributed by atoms with Crippen LogP contribution in [0.25, 0.3) is 0 Å².